The Kier molecular flexibility index (Phi) is 8.51. The predicted octanol–water partition coefficient (Wildman–Crippen LogP) is -0.102. The summed E-state index contributed by atoms with van der Waals surface area (Å²) in [5.41, 5.74) is 0.477. The second-order valence-corrected chi connectivity index (χ2v) is 4.23. The van der Waals surface area contributed by atoms with Gasteiger partial charge in [0.2, 0.25) is 5.75 Å². The molecule has 128 valence electrons. The molecule has 0 heterocycles. The van der Waals surface area contributed by atoms with Crippen LogP contribution < -0.4 is 14.2 Å². The molecule has 0 spiro atoms. The molecule has 4 N–H and O–H groups in total. The van der Waals surface area contributed by atoms with Crippen LogP contribution in [0.25, 0.3) is 6.08 Å². The van der Waals surface area contributed by atoms with E-state index in [-0.39, 0.29) is 56.9 Å². The number of aliphatic hydroxyl groups is 3. The molecule has 1 aromatic rings. The summed E-state index contributed by atoms with van der Waals surface area (Å²) in [6.07, 6.45) is 2.30. The SMILES string of the molecule is O=C(O)C=Cc1cc(OCCO)c(OCCO)c(OCCO)c1. The molecule has 8 heteroatoms. The van der Waals surface area contributed by atoms with E-state index in [1.165, 1.54) is 18.2 Å². The Bertz CT molecular complexity index is 497. The Balaban J connectivity index is 3.21. The second kappa shape index (κ2) is 10.4. The van der Waals surface area contributed by atoms with Gasteiger partial charge in [0.15, 0.2) is 11.5 Å². The van der Waals surface area contributed by atoms with Gasteiger partial charge >= 0.3 is 5.97 Å². The second-order valence-electron chi connectivity index (χ2n) is 4.23. The Morgan fingerprint density at radius 2 is 1.39 bits per heavy atom. The molecule has 0 aliphatic carbocycles. The third-order valence-corrected chi connectivity index (χ3v) is 2.50. The fraction of sp³-hybridized carbons (Fsp3) is 0.400. The molecule has 1 aromatic carbocycles. The van der Waals surface area contributed by atoms with Crippen molar-refractivity contribution in [3.8, 4) is 17.2 Å². The quantitative estimate of drug-likeness (QED) is 0.415. The molecule has 0 aliphatic heterocycles. The van der Waals surface area contributed by atoms with E-state index in [0.717, 1.165) is 6.08 Å². The monoisotopic (exact) mass is 328 g/mol. The molecule has 0 aliphatic rings. The number of hydrogen-bond donors (Lipinski definition) is 4. The van der Waals surface area contributed by atoms with Crippen molar-refractivity contribution in [3.05, 3.63) is 23.8 Å². The average molecular weight is 328 g/mol. The number of aliphatic hydroxyl groups excluding tert-OH is 3. The average Bonchev–Trinajstić information content (AvgIpc) is 2.54. The first-order chi connectivity index (χ1) is 11.1. The fourth-order valence-corrected chi connectivity index (χ4v) is 1.68. The van der Waals surface area contributed by atoms with Crippen LogP contribution in [-0.2, 0) is 4.79 Å². The van der Waals surface area contributed by atoms with Gasteiger partial charge in [0.05, 0.1) is 19.8 Å². The zero-order chi connectivity index (χ0) is 17.1. The molecule has 23 heavy (non-hydrogen) atoms. The Labute approximate surface area is 133 Å². The summed E-state index contributed by atoms with van der Waals surface area (Å²) >= 11 is 0. The standard InChI is InChI=1S/C15H20O8/c16-3-6-21-12-9-11(1-2-14(19)20)10-13(22-7-4-17)15(12)23-8-5-18/h1-2,9-10,16-18H,3-8H2,(H,19,20). The largest absolute Gasteiger partial charge is 0.487 e. The van der Waals surface area contributed by atoms with E-state index in [0.29, 0.717) is 5.56 Å². The summed E-state index contributed by atoms with van der Waals surface area (Å²) in [7, 11) is 0. The molecular weight excluding hydrogens is 308 g/mol. The molecular formula is C15H20O8. The van der Waals surface area contributed by atoms with Crippen LogP contribution in [0.5, 0.6) is 17.2 Å². The van der Waals surface area contributed by atoms with Crippen molar-refractivity contribution in [2.45, 2.75) is 0 Å². The van der Waals surface area contributed by atoms with E-state index < -0.39 is 5.97 Å². The van der Waals surface area contributed by atoms with E-state index in [1.807, 2.05) is 0 Å². The van der Waals surface area contributed by atoms with Gasteiger partial charge in [-0.3, -0.25) is 0 Å². The van der Waals surface area contributed by atoms with Crippen molar-refractivity contribution in [2.75, 3.05) is 39.6 Å². The first kappa shape index (κ1) is 18.8. The van der Waals surface area contributed by atoms with Crippen LogP contribution >= 0.6 is 0 Å². The van der Waals surface area contributed by atoms with E-state index in [2.05, 4.69) is 0 Å². The van der Waals surface area contributed by atoms with E-state index in [9.17, 15) is 4.79 Å². The van der Waals surface area contributed by atoms with Gasteiger partial charge in [-0.15, -0.1) is 0 Å². The number of carbonyl (C=O) groups is 1. The number of rotatable bonds is 11. The maximum absolute atomic E-state index is 10.6. The molecule has 0 aromatic heterocycles. The number of ether oxygens (including phenoxy) is 3. The van der Waals surface area contributed by atoms with Crippen molar-refractivity contribution >= 4 is 12.0 Å². The fourth-order valence-electron chi connectivity index (χ4n) is 1.68. The summed E-state index contributed by atoms with van der Waals surface area (Å²) in [6, 6.07) is 3.04. The minimum Gasteiger partial charge on any atom is -0.487 e. The Morgan fingerprint density at radius 1 is 0.913 bits per heavy atom. The number of benzene rings is 1. The van der Waals surface area contributed by atoms with E-state index in [4.69, 9.17) is 34.6 Å². The maximum atomic E-state index is 10.6. The Hall–Kier alpha value is -2.29. The highest BCUT2D eigenvalue weighted by Crippen LogP contribution is 2.39. The highest BCUT2D eigenvalue weighted by atomic mass is 16.5. The van der Waals surface area contributed by atoms with Crippen LogP contribution in [-0.4, -0.2) is 66.0 Å². The van der Waals surface area contributed by atoms with Crippen molar-refractivity contribution < 1.29 is 39.4 Å². The summed E-state index contributed by atoms with van der Waals surface area (Å²) in [4.78, 5) is 10.6. The maximum Gasteiger partial charge on any atom is 0.328 e. The lowest BCUT2D eigenvalue weighted by atomic mass is 10.1. The molecule has 8 nitrogen and oxygen atoms in total. The summed E-state index contributed by atoms with van der Waals surface area (Å²) < 4.78 is 16.1. The van der Waals surface area contributed by atoms with Gasteiger partial charge in [-0.05, 0) is 23.8 Å². The number of hydrogen-bond acceptors (Lipinski definition) is 7. The number of aliphatic carboxylic acids is 1. The zero-order valence-electron chi connectivity index (χ0n) is 12.5. The summed E-state index contributed by atoms with van der Waals surface area (Å²) in [5.74, 6) is -0.448. The van der Waals surface area contributed by atoms with Crippen LogP contribution in [0, 0.1) is 0 Å². The van der Waals surface area contributed by atoms with Gasteiger partial charge in [-0.25, -0.2) is 4.79 Å². The van der Waals surface area contributed by atoms with Crippen LogP contribution in [0.4, 0.5) is 0 Å². The van der Waals surface area contributed by atoms with Crippen LogP contribution in [0.2, 0.25) is 0 Å². The summed E-state index contributed by atoms with van der Waals surface area (Å²) in [5, 5.41) is 35.4. The first-order valence-corrected chi connectivity index (χ1v) is 6.92. The molecule has 1 rings (SSSR count). The van der Waals surface area contributed by atoms with Gasteiger partial charge in [0.25, 0.3) is 0 Å². The predicted molar refractivity (Wildman–Crippen MR) is 80.9 cm³/mol. The highest BCUT2D eigenvalue weighted by Gasteiger charge is 2.15. The van der Waals surface area contributed by atoms with Crippen LogP contribution in [0.15, 0.2) is 18.2 Å². The van der Waals surface area contributed by atoms with Crippen LogP contribution in [0.1, 0.15) is 5.56 Å². The van der Waals surface area contributed by atoms with Crippen molar-refractivity contribution in [1.82, 2.24) is 0 Å². The lowest BCUT2D eigenvalue weighted by Crippen LogP contribution is -2.10. The Morgan fingerprint density at radius 3 is 1.83 bits per heavy atom. The number of carboxylic acid groups (broad SMARTS) is 1. The molecule has 0 amide bonds. The molecule has 0 bridgehead atoms. The molecule has 0 fully saturated rings. The molecule has 0 radical (unpaired) electrons. The topological polar surface area (TPSA) is 126 Å². The lowest BCUT2D eigenvalue weighted by molar-refractivity contribution is -0.131. The van der Waals surface area contributed by atoms with Crippen molar-refractivity contribution in [3.63, 3.8) is 0 Å². The van der Waals surface area contributed by atoms with Gasteiger partial charge in [0, 0.05) is 6.08 Å². The third kappa shape index (κ3) is 6.55. The van der Waals surface area contributed by atoms with Gasteiger partial charge in [-0.1, -0.05) is 0 Å². The normalized spacial score (nSPS) is 10.7. The van der Waals surface area contributed by atoms with Gasteiger partial charge in [0.1, 0.15) is 19.8 Å². The minimum atomic E-state index is -1.11. The van der Waals surface area contributed by atoms with E-state index >= 15 is 0 Å². The van der Waals surface area contributed by atoms with Crippen molar-refractivity contribution in [2.24, 2.45) is 0 Å². The third-order valence-electron chi connectivity index (χ3n) is 2.50. The first-order valence-electron chi connectivity index (χ1n) is 6.92. The minimum absolute atomic E-state index is 0.00102. The zero-order valence-corrected chi connectivity index (χ0v) is 12.5. The van der Waals surface area contributed by atoms with E-state index in [1.54, 1.807) is 0 Å². The van der Waals surface area contributed by atoms with Gasteiger partial charge < -0.3 is 34.6 Å². The lowest BCUT2D eigenvalue weighted by Gasteiger charge is -2.17. The van der Waals surface area contributed by atoms with Gasteiger partial charge in [-0.2, -0.15) is 0 Å². The summed E-state index contributed by atoms with van der Waals surface area (Å²) in [6.45, 7) is -0.667. The van der Waals surface area contributed by atoms with Crippen molar-refractivity contribution in [1.29, 1.82) is 0 Å². The highest BCUT2D eigenvalue weighted by molar-refractivity contribution is 5.85. The smallest absolute Gasteiger partial charge is 0.328 e. The molecule has 0 saturated carbocycles. The van der Waals surface area contributed by atoms with Crippen LogP contribution in [0.3, 0.4) is 0 Å². The molecule has 0 unspecified atom stereocenters. The number of carboxylic acids is 1. The molecule has 0 atom stereocenters. The molecule has 0 saturated heterocycles.